The Balaban J connectivity index is 1.30. The Kier molecular flexibility index (Phi) is 7.57. The van der Waals surface area contributed by atoms with Crippen LogP contribution in [0.15, 0.2) is 72.8 Å². The van der Waals surface area contributed by atoms with Gasteiger partial charge in [0.15, 0.2) is 12.6 Å². The fourth-order valence-corrected chi connectivity index (χ4v) is 4.59. The van der Waals surface area contributed by atoms with Gasteiger partial charge in [0, 0.05) is 0 Å². The summed E-state index contributed by atoms with van der Waals surface area (Å²) >= 11 is 0. The lowest BCUT2D eigenvalue weighted by Gasteiger charge is -2.27. The van der Waals surface area contributed by atoms with Gasteiger partial charge in [0.1, 0.15) is 0 Å². The molecule has 0 aromatic heterocycles. The highest BCUT2D eigenvalue weighted by atomic mass is 16.7. The van der Waals surface area contributed by atoms with Gasteiger partial charge in [-0.1, -0.05) is 72.8 Å². The number of hydrogen-bond acceptors (Lipinski definition) is 6. The number of carbonyl (C=O) groups excluding carboxylic acids is 2. The molecule has 4 rings (SSSR count). The van der Waals surface area contributed by atoms with E-state index in [1.807, 2.05) is 72.8 Å². The van der Waals surface area contributed by atoms with E-state index in [4.69, 9.17) is 18.9 Å². The zero-order valence-electron chi connectivity index (χ0n) is 19.0. The largest absolute Gasteiger partial charge is 0.436 e. The first-order valence-electron chi connectivity index (χ1n) is 11.4. The maximum atomic E-state index is 13.0. The first-order chi connectivity index (χ1) is 16.0. The van der Waals surface area contributed by atoms with Crippen LogP contribution in [0.1, 0.15) is 31.4 Å². The van der Waals surface area contributed by atoms with Crippen molar-refractivity contribution >= 4 is 11.9 Å². The number of carbonyl (C=O) groups is 2. The number of benzene rings is 2. The second-order valence-electron chi connectivity index (χ2n) is 8.60. The summed E-state index contributed by atoms with van der Waals surface area (Å²) in [6, 6.07) is 19.4. The van der Waals surface area contributed by atoms with Crippen molar-refractivity contribution in [1.29, 1.82) is 0 Å². The van der Waals surface area contributed by atoms with E-state index in [-0.39, 0.29) is 11.8 Å². The monoisotopic (exact) mass is 450 g/mol. The van der Waals surface area contributed by atoms with Gasteiger partial charge in [-0.2, -0.15) is 0 Å². The summed E-state index contributed by atoms with van der Waals surface area (Å²) in [6.07, 6.45) is 3.32. The molecule has 6 unspecified atom stereocenters. The van der Waals surface area contributed by atoms with Crippen molar-refractivity contribution in [3.05, 3.63) is 83.9 Å². The molecule has 1 saturated carbocycles. The number of esters is 2. The van der Waals surface area contributed by atoms with E-state index < -0.39 is 36.4 Å². The number of hydrogen-bond donors (Lipinski definition) is 0. The second kappa shape index (κ2) is 10.8. The lowest BCUT2D eigenvalue weighted by molar-refractivity contribution is -0.194. The summed E-state index contributed by atoms with van der Waals surface area (Å²) in [5.74, 6) is -2.04. The second-order valence-corrected chi connectivity index (χ2v) is 8.60. The molecule has 2 bridgehead atoms. The molecule has 33 heavy (non-hydrogen) atoms. The highest BCUT2D eigenvalue weighted by Crippen LogP contribution is 2.49. The Bertz CT molecular complexity index is 880. The number of allylic oxidation sites excluding steroid dienone is 2. The zero-order valence-corrected chi connectivity index (χ0v) is 19.0. The van der Waals surface area contributed by atoms with Gasteiger partial charge in [-0.25, -0.2) is 0 Å². The highest BCUT2D eigenvalue weighted by Gasteiger charge is 2.53. The lowest BCUT2D eigenvalue weighted by Crippen LogP contribution is -2.38. The van der Waals surface area contributed by atoms with Gasteiger partial charge < -0.3 is 18.9 Å². The summed E-state index contributed by atoms with van der Waals surface area (Å²) in [5, 5.41) is 0. The van der Waals surface area contributed by atoms with Crippen molar-refractivity contribution in [2.24, 2.45) is 23.7 Å². The Morgan fingerprint density at radius 1 is 0.727 bits per heavy atom. The minimum Gasteiger partial charge on any atom is -0.436 e. The maximum absolute atomic E-state index is 13.0. The lowest BCUT2D eigenvalue weighted by atomic mass is 9.83. The van der Waals surface area contributed by atoms with Crippen LogP contribution in [0.2, 0.25) is 0 Å². The molecule has 2 aromatic carbocycles. The van der Waals surface area contributed by atoms with Crippen molar-refractivity contribution in [3.63, 3.8) is 0 Å². The van der Waals surface area contributed by atoms with Crippen molar-refractivity contribution < 1.29 is 28.5 Å². The van der Waals surface area contributed by atoms with Gasteiger partial charge in [0.05, 0.1) is 25.0 Å². The molecule has 0 radical (unpaired) electrons. The third-order valence-electron chi connectivity index (χ3n) is 6.22. The van der Waals surface area contributed by atoms with Gasteiger partial charge in [0.25, 0.3) is 0 Å². The normalized spacial score (nSPS) is 24.9. The van der Waals surface area contributed by atoms with Crippen LogP contribution in [-0.4, -0.2) is 24.5 Å². The molecular weight excluding hydrogens is 420 g/mol. The predicted molar refractivity (Wildman–Crippen MR) is 121 cm³/mol. The van der Waals surface area contributed by atoms with Crippen LogP contribution < -0.4 is 0 Å². The Labute approximate surface area is 194 Å². The molecule has 0 spiro atoms. The van der Waals surface area contributed by atoms with E-state index in [0.717, 1.165) is 17.5 Å². The molecule has 2 aliphatic carbocycles. The standard InChI is InChI=1S/C27H30O6/c1-18(30-16-20-9-5-3-6-10-20)32-26(28)24-22-13-14-23(15-22)25(24)27(29)33-19(2)31-17-21-11-7-4-8-12-21/h3-14,18-19,22-25H,15-17H2,1-2H3. The molecule has 2 aliphatic rings. The Hall–Kier alpha value is -2.96. The zero-order chi connectivity index (χ0) is 23.2. The van der Waals surface area contributed by atoms with Crippen LogP contribution >= 0.6 is 0 Å². The Morgan fingerprint density at radius 2 is 1.12 bits per heavy atom. The molecule has 174 valence electrons. The van der Waals surface area contributed by atoms with Crippen LogP contribution in [0, 0.1) is 23.7 Å². The molecule has 0 heterocycles. The van der Waals surface area contributed by atoms with Gasteiger partial charge in [0.2, 0.25) is 0 Å². The third-order valence-corrected chi connectivity index (χ3v) is 6.22. The van der Waals surface area contributed by atoms with E-state index in [0.29, 0.717) is 13.2 Å². The van der Waals surface area contributed by atoms with Gasteiger partial charge >= 0.3 is 11.9 Å². The average Bonchev–Trinajstić information content (AvgIpc) is 3.45. The number of fused-ring (bicyclic) bond motifs is 2. The van der Waals surface area contributed by atoms with Gasteiger partial charge in [-0.15, -0.1) is 0 Å². The first kappa shape index (κ1) is 23.2. The fourth-order valence-electron chi connectivity index (χ4n) is 4.59. The topological polar surface area (TPSA) is 71.1 Å². The molecule has 0 amide bonds. The maximum Gasteiger partial charge on any atom is 0.312 e. The SMILES string of the molecule is CC(OCc1ccccc1)OC(=O)C1C2C=CC(C2)C1C(=O)OC(C)OCc1ccccc1. The molecule has 0 aliphatic heterocycles. The quantitative estimate of drug-likeness (QED) is 0.298. The third kappa shape index (κ3) is 5.89. The van der Waals surface area contributed by atoms with Gasteiger partial charge in [-0.05, 0) is 43.2 Å². The van der Waals surface area contributed by atoms with Crippen LogP contribution in [-0.2, 0) is 41.8 Å². The van der Waals surface area contributed by atoms with Crippen LogP contribution in [0.4, 0.5) is 0 Å². The first-order valence-corrected chi connectivity index (χ1v) is 11.4. The van der Waals surface area contributed by atoms with Crippen LogP contribution in [0.25, 0.3) is 0 Å². The molecule has 2 aromatic rings. The molecule has 0 N–H and O–H groups in total. The van der Waals surface area contributed by atoms with Crippen molar-refractivity contribution in [1.82, 2.24) is 0 Å². The van der Waals surface area contributed by atoms with Crippen molar-refractivity contribution in [2.45, 2.75) is 46.1 Å². The van der Waals surface area contributed by atoms with E-state index >= 15 is 0 Å². The van der Waals surface area contributed by atoms with Gasteiger partial charge in [-0.3, -0.25) is 9.59 Å². The fraction of sp³-hybridized carbons (Fsp3) is 0.407. The highest BCUT2D eigenvalue weighted by molar-refractivity contribution is 5.84. The molecule has 6 atom stereocenters. The molecule has 0 saturated heterocycles. The molecular formula is C27H30O6. The van der Waals surface area contributed by atoms with E-state index in [9.17, 15) is 9.59 Å². The minimum atomic E-state index is -0.717. The summed E-state index contributed by atoms with van der Waals surface area (Å²) in [5.41, 5.74) is 1.99. The summed E-state index contributed by atoms with van der Waals surface area (Å²) in [7, 11) is 0. The van der Waals surface area contributed by atoms with E-state index in [2.05, 4.69) is 0 Å². The number of rotatable bonds is 10. The minimum absolute atomic E-state index is 0.0260. The molecule has 6 heteroatoms. The smallest absolute Gasteiger partial charge is 0.312 e. The average molecular weight is 451 g/mol. The van der Waals surface area contributed by atoms with Crippen LogP contribution in [0.3, 0.4) is 0 Å². The Morgan fingerprint density at radius 3 is 1.52 bits per heavy atom. The summed E-state index contributed by atoms with van der Waals surface area (Å²) < 4.78 is 22.5. The summed E-state index contributed by atoms with van der Waals surface area (Å²) in [4.78, 5) is 26.0. The number of ether oxygens (including phenoxy) is 4. The molecule has 6 nitrogen and oxygen atoms in total. The van der Waals surface area contributed by atoms with E-state index in [1.54, 1.807) is 13.8 Å². The predicted octanol–water partition coefficient (Wildman–Crippen LogP) is 4.64. The summed E-state index contributed by atoms with van der Waals surface area (Å²) in [6.45, 7) is 4.06. The van der Waals surface area contributed by atoms with E-state index in [1.165, 1.54) is 0 Å². The molecule has 1 fully saturated rings. The van der Waals surface area contributed by atoms with Crippen LogP contribution in [0.5, 0.6) is 0 Å². The van der Waals surface area contributed by atoms with Crippen molar-refractivity contribution in [2.75, 3.05) is 0 Å². The van der Waals surface area contributed by atoms with Crippen molar-refractivity contribution in [3.8, 4) is 0 Å².